The van der Waals surface area contributed by atoms with Crippen molar-refractivity contribution >= 4 is 0 Å². The SMILES string of the molecule is CC.CC.CC(C)c1ccncc1.Cc1ccc(C(C)C)nc1. The van der Waals surface area contributed by atoms with Crippen LogP contribution in [0.5, 0.6) is 0 Å². The highest BCUT2D eigenvalue weighted by Gasteiger charge is 1.97. The number of rotatable bonds is 2. The summed E-state index contributed by atoms with van der Waals surface area (Å²) in [6.07, 6.45) is 5.57. The fourth-order valence-corrected chi connectivity index (χ4v) is 1.57. The van der Waals surface area contributed by atoms with Gasteiger partial charge in [0.25, 0.3) is 0 Å². The van der Waals surface area contributed by atoms with Crippen LogP contribution in [0.2, 0.25) is 0 Å². The van der Waals surface area contributed by atoms with Gasteiger partial charge in [-0.25, -0.2) is 0 Å². The largest absolute Gasteiger partial charge is 0.265 e. The number of pyridine rings is 2. The molecule has 0 amide bonds. The Labute approximate surface area is 144 Å². The summed E-state index contributed by atoms with van der Waals surface area (Å²) in [4.78, 5) is 8.21. The fraction of sp³-hybridized carbons (Fsp3) is 0.524. The molecule has 0 aliphatic carbocycles. The summed E-state index contributed by atoms with van der Waals surface area (Å²) in [5.41, 5.74) is 3.75. The predicted octanol–water partition coefficient (Wildman–Crippen LogP) is 6.77. The summed E-state index contributed by atoms with van der Waals surface area (Å²) < 4.78 is 0. The van der Waals surface area contributed by atoms with E-state index < -0.39 is 0 Å². The lowest BCUT2D eigenvalue weighted by atomic mass is 10.1. The minimum absolute atomic E-state index is 0.542. The number of aryl methyl sites for hydroxylation is 1. The van der Waals surface area contributed by atoms with E-state index in [9.17, 15) is 0 Å². The third-order valence-electron chi connectivity index (χ3n) is 2.90. The maximum Gasteiger partial charge on any atom is 0.0429 e. The van der Waals surface area contributed by atoms with Crippen LogP contribution in [0.4, 0.5) is 0 Å². The van der Waals surface area contributed by atoms with E-state index in [0.717, 1.165) is 0 Å². The van der Waals surface area contributed by atoms with Crippen LogP contribution in [0.1, 0.15) is 84.0 Å². The highest BCUT2D eigenvalue weighted by molar-refractivity contribution is 5.14. The van der Waals surface area contributed by atoms with E-state index in [0.29, 0.717) is 11.8 Å². The Bertz CT molecular complexity index is 459. The molecule has 0 fully saturated rings. The molecule has 2 aromatic rings. The molecule has 23 heavy (non-hydrogen) atoms. The molecule has 0 aromatic carbocycles. The molecule has 0 atom stereocenters. The molecule has 2 rings (SSSR count). The van der Waals surface area contributed by atoms with E-state index in [-0.39, 0.29) is 0 Å². The van der Waals surface area contributed by atoms with E-state index in [4.69, 9.17) is 0 Å². The van der Waals surface area contributed by atoms with Crippen LogP contribution in [0, 0.1) is 6.92 Å². The van der Waals surface area contributed by atoms with E-state index in [1.54, 1.807) is 0 Å². The molecule has 0 saturated carbocycles. The standard InChI is InChI=1S/C9H13N.C8H11N.2C2H6/c1-7(2)9-5-4-8(3)6-10-9;1-7(2)8-3-5-9-6-4-8;2*1-2/h4-7H,1-3H3;3-7H,1-2H3;2*1-2H3. The van der Waals surface area contributed by atoms with Gasteiger partial charge in [-0.05, 0) is 48.1 Å². The monoisotopic (exact) mass is 316 g/mol. The van der Waals surface area contributed by atoms with Crippen LogP contribution in [0.3, 0.4) is 0 Å². The van der Waals surface area contributed by atoms with Crippen LogP contribution in [-0.2, 0) is 0 Å². The summed E-state index contributed by atoms with van der Waals surface area (Å²) in [6, 6.07) is 8.28. The number of aromatic nitrogens is 2. The lowest BCUT2D eigenvalue weighted by Gasteiger charge is -2.02. The topological polar surface area (TPSA) is 25.8 Å². The van der Waals surface area contributed by atoms with Crippen LogP contribution >= 0.6 is 0 Å². The molecular weight excluding hydrogens is 280 g/mol. The molecule has 0 aliphatic heterocycles. The molecule has 0 saturated heterocycles. The predicted molar refractivity (Wildman–Crippen MR) is 104 cm³/mol. The van der Waals surface area contributed by atoms with Gasteiger partial charge in [0.2, 0.25) is 0 Å². The minimum atomic E-state index is 0.542. The highest BCUT2D eigenvalue weighted by Crippen LogP contribution is 2.11. The summed E-state index contributed by atoms with van der Waals surface area (Å²) in [5.74, 6) is 1.16. The van der Waals surface area contributed by atoms with Crippen LogP contribution < -0.4 is 0 Å². The van der Waals surface area contributed by atoms with Gasteiger partial charge in [-0.2, -0.15) is 0 Å². The molecule has 0 aliphatic rings. The molecule has 0 N–H and O–H groups in total. The lowest BCUT2D eigenvalue weighted by Crippen LogP contribution is -1.90. The maximum absolute atomic E-state index is 4.28. The molecule has 0 unspecified atom stereocenters. The zero-order valence-electron chi connectivity index (χ0n) is 16.6. The molecule has 2 heterocycles. The summed E-state index contributed by atoms with van der Waals surface area (Å²) in [6.45, 7) is 18.7. The van der Waals surface area contributed by atoms with Crippen molar-refractivity contribution in [1.29, 1.82) is 0 Å². The van der Waals surface area contributed by atoms with Crippen molar-refractivity contribution in [2.45, 2.75) is 74.1 Å². The Morgan fingerprint density at radius 1 is 0.739 bits per heavy atom. The first-order chi connectivity index (χ1) is 11.0. The Hall–Kier alpha value is -1.70. The van der Waals surface area contributed by atoms with E-state index in [1.165, 1.54) is 16.8 Å². The van der Waals surface area contributed by atoms with Gasteiger partial charge in [0.1, 0.15) is 0 Å². The normalized spacial score (nSPS) is 9.00. The van der Waals surface area contributed by atoms with Gasteiger partial charge in [-0.15, -0.1) is 0 Å². The van der Waals surface area contributed by atoms with Gasteiger partial charge in [-0.1, -0.05) is 61.5 Å². The zero-order valence-corrected chi connectivity index (χ0v) is 16.6. The van der Waals surface area contributed by atoms with Gasteiger partial charge in [0.15, 0.2) is 0 Å². The first-order valence-electron chi connectivity index (χ1n) is 8.83. The molecule has 0 spiro atoms. The zero-order chi connectivity index (χ0) is 18.3. The van der Waals surface area contributed by atoms with Crippen LogP contribution in [0.15, 0.2) is 42.9 Å². The summed E-state index contributed by atoms with van der Waals surface area (Å²) in [7, 11) is 0. The molecular formula is C21H36N2. The van der Waals surface area contributed by atoms with Crippen molar-refractivity contribution in [3.8, 4) is 0 Å². The van der Waals surface area contributed by atoms with Gasteiger partial charge >= 0.3 is 0 Å². The van der Waals surface area contributed by atoms with Gasteiger partial charge in [0, 0.05) is 24.3 Å². The first-order valence-corrected chi connectivity index (χ1v) is 8.83. The molecule has 0 bridgehead atoms. The average Bonchev–Trinajstić information content (AvgIpc) is 2.60. The van der Waals surface area contributed by atoms with E-state index >= 15 is 0 Å². The number of hydrogen-bond donors (Lipinski definition) is 0. The van der Waals surface area contributed by atoms with Gasteiger partial charge in [0.05, 0.1) is 0 Å². The molecule has 2 heteroatoms. The van der Waals surface area contributed by atoms with Crippen LogP contribution in [0.25, 0.3) is 0 Å². The van der Waals surface area contributed by atoms with Gasteiger partial charge in [-0.3, -0.25) is 9.97 Å². The van der Waals surface area contributed by atoms with Crippen LogP contribution in [-0.4, -0.2) is 9.97 Å². The average molecular weight is 317 g/mol. The minimum Gasteiger partial charge on any atom is -0.265 e. The molecule has 2 nitrogen and oxygen atoms in total. The fourth-order valence-electron chi connectivity index (χ4n) is 1.57. The summed E-state index contributed by atoms with van der Waals surface area (Å²) >= 11 is 0. The maximum atomic E-state index is 4.28. The smallest absolute Gasteiger partial charge is 0.0429 e. The van der Waals surface area contributed by atoms with Crippen molar-refractivity contribution in [2.24, 2.45) is 0 Å². The third kappa shape index (κ3) is 11.5. The Kier molecular flexibility index (Phi) is 15.6. The molecule has 130 valence electrons. The second kappa shape index (κ2) is 15.2. The van der Waals surface area contributed by atoms with E-state index in [2.05, 4.69) is 56.7 Å². The first kappa shape index (κ1) is 23.6. The van der Waals surface area contributed by atoms with Crippen molar-refractivity contribution in [2.75, 3.05) is 0 Å². The number of nitrogens with zero attached hydrogens (tertiary/aromatic N) is 2. The Morgan fingerprint density at radius 3 is 1.57 bits per heavy atom. The van der Waals surface area contributed by atoms with Crippen molar-refractivity contribution in [3.63, 3.8) is 0 Å². The van der Waals surface area contributed by atoms with E-state index in [1.807, 2.05) is 58.4 Å². The highest BCUT2D eigenvalue weighted by atomic mass is 14.7. The lowest BCUT2D eigenvalue weighted by molar-refractivity contribution is 0.821. The van der Waals surface area contributed by atoms with Crippen molar-refractivity contribution in [3.05, 3.63) is 59.7 Å². The quantitative estimate of drug-likeness (QED) is 0.611. The second-order valence-electron chi connectivity index (χ2n) is 5.35. The summed E-state index contributed by atoms with van der Waals surface area (Å²) in [5, 5.41) is 0. The Balaban J connectivity index is 0. The molecule has 2 aromatic heterocycles. The Morgan fingerprint density at radius 2 is 1.26 bits per heavy atom. The van der Waals surface area contributed by atoms with Crippen molar-refractivity contribution in [1.82, 2.24) is 9.97 Å². The number of hydrogen-bond acceptors (Lipinski definition) is 2. The van der Waals surface area contributed by atoms with Gasteiger partial charge < -0.3 is 0 Å². The molecule has 0 radical (unpaired) electrons. The third-order valence-corrected chi connectivity index (χ3v) is 2.90. The van der Waals surface area contributed by atoms with Crippen molar-refractivity contribution < 1.29 is 0 Å². The second-order valence-corrected chi connectivity index (χ2v) is 5.35.